The molecule has 1 heteroatoms. The molecule has 0 heterocycles. The summed E-state index contributed by atoms with van der Waals surface area (Å²) < 4.78 is 0. The van der Waals surface area contributed by atoms with E-state index in [4.69, 9.17) is 0 Å². The van der Waals surface area contributed by atoms with Gasteiger partial charge in [-0.2, -0.15) is 0 Å². The highest BCUT2D eigenvalue weighted by Crippen LogP contribution is 2.24. The third kappa shape index (κ3) is 5.84. The topological polar surface area (TPSA) is 17.1 Å². The van der Waals surface area contributed by atoms with Gasteiger partial charge in [0.05, 0.1) is 0 Å². The Hall–Kier alpha value is -0.590. The molecule has 0 saturated carbocycles. The lowest BCUT2D eigenvalue weighted by atomic mass is 9.87. The van der Waals surface area contributed by atoms with Crippen molar-refractivity contribution in [3.05, 3.63) is 12.2 Å². The minimum absolute atomic E-state index is 0.191. The molecular formula is C10H18O. The SMILES string of the molecule is CCCCC(C)(C)/C=C/C=O. The summed E-state index contributed by atoms with van der Waals surface area (Å²) in [5, 5.41) is 0. The van der Waals surface area contributed by atoms with Crippen LogP contribution in [0.5, 0.6) is 0 Å². The zero-order valence-corrected chi connectivity index (χ0v) is 7.76. The van der Waals surface area contributed by atoms with Gasteiger partial charge in [0.25, 0.3) is 0 Å². The average molecular weight is 154 g/mol. The van der Waals surface area contributed by atoms with Crippen molar-refractivity contribution in [3.63, 3.8) is 0 Å². The number of aldehydes is 1. The lowest BCUT2D eigenvalue weighted by Gasteiger charge is -2.18. The van der Waals surface area contributed by atoms with Crippen molar-refractivity contribution < 1.29 is 4.79 Å². The normalized spacial score (nSPS) is 12.3. The van der Waals surface area contributed by atoms with Gasteiger partial charge in [-0.25, -0.2) is 0 Å². The highest BCUT2D eigenvalue weighted by atomic mass is 16.1. The third-order valence-corrected chi connectivity index (χ3v) is 1.80. The van der Waals surface area contributed by atoms with E-state index >= 15 is 0 Å². The van der Waals surface area contributed by atoms with Gasteiger partial charge in [0.2, 0.25) is 0 Å². The fourth-order valence-electron chi connectivity index (χ4n) is 1.02. The Morgan fingerprint density at radius 1 is 1.36 bits per heavy atom. The standard InChI is InChI=1S/C10H18O/c1-4-5-7-10(2,3)8-6-9-11/h6,8-9H,4-5,7H2,1-3H3/b8-6+. The number of hydrogen-bond donors (Lipinski definition) is 0. The maximum atomic E-state index is 10.0. The summed E-state index contributed by atoms with van der Waals surface area (Å²) in [4.78, 5) is 10.0. The first-order chi connectivity index (χ1) is 5.12. The van der Waals surface area contributed by atoms with Crippen LogP contribution in [-0.2, 0) is 4.79 Å². The van der Waals surface area contributed by atoms with Crippen molar-refractivity contribution in [2.75, 3.05) is 0 Å². The van der Waals surface area contributed by atoms with E-state index in [2.05, 4.69) is 20.8 Å². The predicted molar refractivity (Wildman–Crippen MR) is 48.5 cm³/mol. The highest BCUT2D eigenvalue weighted by Gasteiger charge is 2.11. The summed E-state index contributed by atoms with van der Waals surface area (Å²) in [7, 11) is 0. The van der Waals surface area contributed by atoms with Gasteiger partial charge in [-0.1, -0.05) is 39.7 Å². The van der Waals surface area contributed by atoms with E-state index in [0.717, 1.165) is 12.7 Å². The van der Waals surface area contributed by atoms with Crippen molar-refractivity contribution >= 4 is 6.29 Å². The van der Waals surface area contributed by atoms with Crippen LogP contribution in [0.4, 0.5) is 0 Å². The van der Waals surface area contributed by atoms with E-state index in [0.29, 0.717) is 0 Å². The van der Waals surface area contributed by atoms with Crippen LogP contribution in [0, 0.1) is 5.41 Å². The Labute approximate surface area is 69.5 Å². The number of unbranched alkanes of at least 4 members (excludes halogenated alkanes) is 1. The van der Waals surface area contributed by atoms with E-state index in [1.165, 1.54) is 12.8 Å². The minimum Gasteiger partial charge on any atom is -0.299 e. The monoisotopic (exact) mass is 154 g/mol. The molecule has 0 unspecified atom stereocenters. The number of allylic oxidation sites excluding steroid dienone is 2. The van der Waals surface area contributed by atoms with Crippen LogP contribution in [-0.4, -0.2) is 6.29 Å². The molecule has 0 N–H and O–H groups in total. The molecule has 0 fully saturated rings. The van der Waals surface area contributed by atoms with E-state index in [9.17, 15) is 4.79 Å². The summed E-state index contributed by atoms with van der Waals surface area (Å²) in [6.45, 7) is 6.49. The van der Waals surface area contributed by atoms with Crippen molar-refractivity contribution in [3.8, 4) is 0 Å². The van der Waals surface area contributed by atoms with Gasteiger partial charge < -0.3 is 0 Å². The zero-order chi connectivity index (χ0) is 8.74. The first-order valence-corrected chi connectivity index (χ1v) is 4.25. The summed E-state index contributed by atoms with van der Waals surface area (Å²) >= 11 is 0. The van der Waals surface area contributed by atoms with Crippen molar-refractivity contribution in [2.24, 2.45) is 5.41 Å². The van der Waals surface area contributed by atoms with E-state index in [-0.39, 0.29) is 5.41 Å². The number of carbonyl (C=O) groups is 1. The molecule has 0 aromatic heterocycles. The molecule has 64 valence electrons. The number of hydrogen-bond acceptors (Lipinski definition) is 1. The zero-order valence-electron chi connectivity index (χ0n) is 7.76. The van der Waals surface area contributed by atoms with Gasteiger partial charge in [0.1, 0.15) is 6.29 Å². The second-order valence-electron chi connectivity index (χ2n) is 3.59. The maximum absolute atomic E-state index is 10.0. The second kappa shape index (κ2) is 5.11. The summed E-state index contributed by atoms with van der Waals surface area (Å²) in [5.74, 6) is 0. The van der Waals surface area contributed by atoms with Crippen molar-refractivity contribution in [1.29, 1.82) is 0 Å². The quantitative estimate of drug-likeness (QED) is 0.439. The number of rotatable bonds is 5. The van der Waals surface area contributed by atoms with Crippen LogP contribution in [0.15, 0.2) is 12.2 Å². The first-order valence-electron chi connectivity index (χ1n) is 4.25. The molecular weight excluding hydrogens is 136 g/mol. The third-order valence-electron chi connectivity index (χ3n) is 1.80. The number of carbonyl (C=O) groups excluding carboxylic acids is 1. The van der Waals surface area contributed by atoms with Gasteiger partial charge in [-0.3, -0.25) is 4.79 Å². The maximum Gasteiger partial charge on any atom is 0.142 e. The van der Waals surface area contributed by atoms with Crippen LogP contribution in [0.1, 0.15) is 40.0 Å². The van der Waals surface area contributed by atoms with Crippen LogP contribution in [0.2, 0.25) is 0 Å². The van der Waals surface area contributed by atoms with Crippen LogP contribution in [0.25, 0.3) is 0 Å². The fraction of sp³-hybridized carbons (Fsp3) is 0.700. The molecule has 0 aliphatic heterocycles. The summed E-state index contributed by atoms with van der Waals surface area (Å²) in [6, 6.07) is 0. The molecule has 0 aromatic carbocycles. The Morgan fingerprint density at radius 2 is 2.00 bits per heavy atom. The van der Waals surface area contributed by atoms with Crippen molar-refractivity contribution in [1.82, 2.24) is 0 Å². The van der Waals surface area contributed by atoms with E-state index in [1.54, 1.807) is 6.08 Å². The van der Waals surface area contributed by atoms with Gasteiger partial charge in [0.15, 0.2) is 0 Å². The molecule has 11 heavy (non-hydrogen) atoms. The minimum atomic E-state index is 0.191. The fourth-order valence-corrected chi connectivity index (χ4v) is 1.02. The Balaban J connectivity index is 3.78. The van der Waals surface area contributed by atoms with Crippen LogP contribution in [0.3, 0.4) is 0 Å². The van der Waals surface area contributed by atoms with Gasteiger partial charge >= 0.3 is 0 Å². The molecule has 0 spiro atoms. The molecule has 0 radical (unpaired) electrons. The summed E-state index contributed by atoms with van der Waals surface area (Å²) in [6.07, 6.45) is 8.03. The molecule has 0 aromatic rings. The Morgan fingerprint density at radius 3 is 2.45 bits per heavy atom. The lowest BCUT2D eigenvalue weighted by molar-refractivity contribution is -0.104. The highest BCUT2D eigenvalue weighted by molar-refractivity contribution is 5.64. The average Bonchev–Trinajstić information content (AvgIpc) is 1.97. The molecule has 0 bridgehead atoms. The molecule has 1 nitrogen and oxygen atoms in total. The van der Waals surface area contributed by atoms with Crippen LogP contribution < -0.4 is 0 Å². The van der Waals surface area contributed by atoms with Crippen LogP contribution >= 0.6 is 0 Å². The smallest absolute Gasteiger partial charge is 0.142 e. The molecule has 0 aliphatic rings. The first kappa shape index (κ1) is 10.4. The van der Waals surface area contributed by atoms with E-state index in [1.807, 2.05) is 6.08 Å². The molecule has 0 saturated heterocycles. The predicted octanol–water partition coefficient (Wildman–Crippen LogP) is 2.96. The van der Waals surface area contributed by atoms with Gasteiger partial charge in [-0.15, -0.1) is 0 Å². The Bertz CT molecular complexity index is 134. The van der Waals surface area contributed by atoms with Gasteiger partial charge in [0, 0.05) is 0 Å². The lowest BCUT2D eigenvalue weighted by Crippen LogP contribution is -2.06. The van der Waals surface area contributed by atoms with Crippen molar-refractivity contribution in [2.45, 2.75) is 40.0 Å². The molecule has 0 atom stereocenters. The van der Waals surface area contributed by atoms with E-state index < -0.39 is 0 Å². The Kier molecular flexibility index (Phi) is 4.84. The second-order valence-corrected chi connectivity index (χ2v) is 3.59. The molecule has 0 rings (SSSR count). The largest absolute Gasteiger partial charge is 0.299 e. The molecule has 0 aliphatic carbocycles. The summed E-state index contributed by atoms with van der Waals surface area (Å²) in [5.41, 5.74) is 0.191. The van der Waals surface area contributed by atoms with Gasteiger partial charge in [-0.05, 0) is 17.9 Å². The molecule has 0 amide bonds.